The van der Waals surface area contributed by atoms with Gasteiger partial charge < -0.3 is 10.6 Å². The Morgan fingerprint density at radius 2 is 1.96 bits per heavy atom. The van der Waals surface area contributed by atoms with Crippen LogP contribution < -0.4 is 10.6 Å². The highest BCUT2D eigenvalue weighted by Crippen LogP contribution is 2.17. The third-order valence-electron chi connectivity index (χ3n) is 3.27. The van der Waals surface area contributed by atoms with Gasteiger partial charge in [0.2, 0.25) is 0 Å². The standard InChI is InChI=1S/C18H15FN4O/c19-14-4-3-6-15(9-14)23-17-8-13(10-20-11-17)18(24)22-12-16-5-1-2-7-21-16/h1-11,23H,12H2,(H,22,24). The van der Waals surface area contributed by atoms with Crippen molar-refractivity contribution in [3.05, 3.63) is 84.2 Å². The molecular weight excluding hydrogens is 307 g/mol. The smallest absolute Gasteiger partial charge is 0.253 e. The molecule has 0 saturated carbocycles. The second-order valence-electron chi connectivity index (χ2n) is 5.10. The van der Waals surface area contributed by atoms with Gasteiger partial charge in [0.25, 0.3) is 5.91 Å². The molecule has 0 spiro atoms. The van der Waals surface area contributed by atoms with E-state index in [4.69, 9.17) is 0 Å². The predicted octanol–water partition coefficient (Wildman–Crippen LogP) is 3.29. The van der Waals surface area contributed by atoms with Crippen LogP contribution in [-0.2, 0) is 6.54 Å². The number of pyridine rings is 2. The number of aromatic nitrogens is 2. The zero-order chi connectivity index (χ0) is 16.8. The minimum Gasteiger partial charge on any atom is -0.354 e. The monoisotopic (exact) mass is 322 g/mol. The summed E-state index contributed by atoms with van der Waals surface area (Å²) < 4.78 is 13.2. The Hall–Kier alpha value is -3.28. The SMILES string of the molecule is O=C(NCc1ccccn1)c1cncc(Nc2cccc(F)c2)c1. The van der Waals surface area contributed by atoms with E-state index in [0.29, 0.717) is 23.5 Å². The number of amides is 1. The van der Waals surface area contributed by atoms with Crippen LogP contribution in [0, 0.1) is 5.82 Å². The summed E-state index contributed by atoms with van der Waals surface area (Å²) in [5.74, 6) is -0.590. The van der Waals surface area contributed by atoms with Crippen LogP contribution in [0.3, 0.4) is 0 Å². The fourth-order valence-corrected chi connectivity index (χ4v) is 2.14. The lowest BCUT2D eigenvalue weighted by molar-refractivity contribution is 0.0950. The predicted molar refractivity (Wildman–Crippen MR) is 89.3 cm³/mol. The zero-order valence-electron chi connectivity index (χ0n) is 12.7. The molecule has 0 unspecified atom stereocenters. The summed E-state index contributed by atoms with van der Waals surface area (Å²) in [6.07, 6.45) is 4.72. The van der Waals surface area contributed by atoms with Crippen molar-refractivity contribution in [1.29, 1.82) is 0 Å². The molecule has 0 saturated heterocycles. The maximum absolute atomic E-state index is 13.2. The lowest BCUT2D eigenvalue weighted by Crippen LogP contribution is -2.23. The summed E-state index contributed by atoms with van der Waals surface area (Å²) in [6, 6.07) is 13.2. The van der Waals surface area contributed by atoms with E-state index in [1.165, 1.54) is 18.3 Å². The van der Waals surface area contributed by atoms with Crippen LogP contribution >= 0.6 is 0 Å². The molecule has 0 aliphatic carbocycles. The van der Waals surface area contributed by atoms with Crippen molar-refractivity contribution in [3.63, 3.8) is 0 Å². The van der Waals surface area contributed by atoms with Gasteiger partial charge in [0.1, 0.15) is 5.82 Å². The lowest BCUT2D eigenvalue weighted by atomic mass is 10.2. The Labute approximate surface area is 138 Å². The number of carbonyl (C=O) groups excluding carboxylic acids is 1. The molecular formula is C18H15FN4O. The van der Waals surface area contributed by atoms with Crippen LogP contribution in [0.25, 0.3) is 0 Å². The third kappa shape index (κ3) is 4.13. The van der Waals surface area contributed by atoms with Gasteiger partial charge in [-0.25, -0.2) is 4.39 Å². The van der Waals surface area contributed by atoms with Gasteiger partial charge >= 0.3 is 0 Å². The molecule has 0 atom stereocenters. The van der Waals surface area contributed by atoms with Crippen LogP contribution in [0.1, 0.15) is 16.1 Å². The van der Waals surface area contributed by atoms with E-state index in [1.807, 2.05) is 18.2 Å². The molecule has 5 nitrogen and oxygen atoms in total. The van der Waals surface area contributed by atoms with Crippen molar-refractivity contribution in [1.82, 2.24) is 15.3 Å². The van der Waals surface area contributed by atoms with Crippen molar-refractivity contribution < 1.29 is 9.18 Å². The van der Waals surface area contributed by atoms with Crippen molar-refractivity contribution in [3.8, 4) is 0 Å². The van der Waals surface area contributed by atoms with Gasteiger partial charge in [0.05, 0.1) is 29.7 Å². The number of hydrogen-bond acceptors (Lipinski definition) is 4. The molecule has 0 aliphatic heterocycles. The first-order valence-corrected chi connectivity index (χ1v) is 7.36. The van der Waals surface area contributed by atoms with Crippen LogP contribution in [0.5, 0.6) is 0 Å². The summed E-state index contributed by atoms with van der Waals surface area (Å²) in [5, 5.41) is 5.81. The van der Waals surface area contributed by atoms with E-state index in [2.05, 4.69) is 20.6 Å². The first kappa shape index (κ1) is 15.6. The minimum absolute atomic E-state index is 0.254. The van der Waals surface area contributed by atoms with Crippen molar-refractivity contribution in [2.24, 2.45) is 0 Å². The highest BCUT2D eigenvalue weighted by molar-refractivity contribution is 5.94. The number of nitrogens with one attached hydrogen (secondary N) is 2. The van der Waals surface area contributed by atoms with Gasteiger partial charge in [-0.2, -0.15) is 0 Å². The molecule has 120 valence electrons. The summed E-state index contributed by atoms with van der Waals surface area (Å²) in [4.78, 5) is 20.4. The Morgan fingerprint density at radius 3 is 2.75 bits per heavy atom. The Balaban J connectivity index is 1.67. The largest absolute Gasteiger partial charge is 0.354 e. The molecule has 3 aromatic rings. The molecule has 24 heavy (non-hydrogen) atoms. The number of rotatable bonds is 5. The quantitative estimate of drug-likeness (QED) is 0.756. The van der Waals surface area contributed by atoms with Gasteiger partial charge in [0, 0.05) is 18.1 Å². The van der Waals surface area contributed by atoms with Gasteiger partial charge in [-0.15, -0.1) is 0 Å². The molecule has 3 rings (SSSR count). The molecule has 0 aliphatic rings. The minimum atomic E-state index is -0.336. The molecule has 6 heteroatoms. The number of halogens is 1. The fourth-order valence-electron chi connectivity index (χ4n) is 2.14. The molecule has 1 amide bonds. The molecule has 2 aromatic heterocycles. The van der Waals surface area contributed by atoms with Gasteiger partial charge in [-0.1, -0.05) is 12.1 Å². The van der Waals surface area contributed by atoms with Gasteiger partial charge in [-0.3, -0.25) is 14.8 Å². The van der Waals surface area contributed by atoms with Crippen LogP contribution in [0.2, 0.25) is 0 Å². The number of anilines is 2. The maximum Gasteiger partial charge on any atom is 0.253 e. The van der Waals surface area contributed by atoms with E-state index < -0.39 is 0 Å². The molecule has 0 bridgehead atoms. The van der Waals surface area contributed by atoms with Gasteiger partial charge in [-0.05, 0) is 36.4 Å². The van der Waals surface area contributed by atoms with Gasteiger partial charge in [0.15, 0.2) is 0 Å². The van der Waals surface area contributed by atoms with Crippen LogP contribution in [-0.4, -0.2) is 15.9 Å². The zero-order valence-corrected chi connectivity index (χ0v) is 12.7. The molecule has 1 aromatic carbocycles. The second kappa shape index (κ2) is 7.32. The molecule has 0 fully saturated rings. The van der Waals surface area contributed by atoms with Crippen LogP contribution in [0.4, 0.5) is 15.8 Å². The van der Waals surface area contributed by atoms with E-state index in [0.717, 1.165) is 5.69 Å². The average molecular weight is 322 g/mol. The number of carbonyl (C=O) groups is 1. The summed E-state index contributed by atoms with van der Waals surface area (Å²) in [5.41, 5.74) is 2.37. The highest BCUT2D eigenvalue weighted by Gasteiger charge is 2.07. The number of nitrogens with zero attached hydrogens (tertiary/aromatic N) is 2. The normalized spacial score (nSPS) is 10.2. The topological polar surface area (TPSA) is 66.9 Å². The first-order chi connectivity index (χ1) is 11.7. The second-order valence-corrected chi connectivity index (χ2v) is 5.10. The summed E-state index contributed by atoms with van der Waals surface area (Å²) >= 11 is 0. The van der Waals surface area contributed by atoms with Crippen LogP contribution in [0.15, 0.2) is 67.1 Å². The third-order valence-corrected chi connectivity index (χ3v) is 3.27. The fraction of sp³-hybridized carbons (Fsp3) is 0.0556. The van der Waals surface area contributed by atoms with Crippen molar-refractivity contribution >= 4 is 17.3 Å². The maximum atomic E-state index is 13.2. The lowest BCUT2D eigenvalue weighted by Gasteiger charge is -2.08. The van der Waals surface area contributed by atoms with E-state index in [9.17, 15) is 9.18 Å². The van der Waals surface area contributed by atoms with Crippen molar-refractivity contribution in [2.75, 3.05) is 5.32 Å². The van der Waals surface area contributed by atoms with Crippen molar-refractivity contribution in [2.45, 2.75) is 6.54 Å². The van der Waals surface area contributed by atoms with E-state index in [1.54, 1.807) is 30.6 Å². The highest BCUT2D eigenvalue weighted by atomic mass is 19.1. The summed E-state index contributed by atoms with van der Waals surface area (Å²) in [6.45, 7) is 0.335. The number of benzene rings is 1. The Bertz CT molecular complexity index is 839. The summed E-state index contributed by atoms with van der Waals surface area (Å²) in [7, 11) is 0. The average Bonchev–Trinajstić information content (AvgIpc) is 2.61. The Morgan fingerprint density at radius 1 is 1.04 bits per heavy atom. The number of hydrogen-bond donors (Lipinski definition) is 2. The van der Waals surface area contributed by atoms with E-state index >= 15 is 0 Å². The molecule has 2 heterocycles. The molecule has 0 radical (unpaired) electrons. The molecule has 2 N–H and O–H groups in total. The Kier molecular flexibility index (Phi) is 4.76. The van der Waals surface area contributed by atoms with E-state index in [-0.39, 0.29) is 11.7 Å². The first-order valence-electron chi connectivity index (χ1n) is 7.36.